The predicted molar refractivity (Wildman–Crippen MR) is 73.4 cm³/mol. The molecule has 0 saturated carbocycles. The highest BCUT2D eigenvalue weighted by Crippen LogP contribution is 2.27. The third-order valence-corrected chi connectivity index (χ3v) is 3.91. The summed E-state index contributed by atoms with van der Waals surface area (Å²) in [6.07, 6.45) is 1.50. The molecular formula is C14H21N3O3. The molecule has 0 aromatic carbocycles. The zero-order valence-electron chi connectivity index (χ0n) is 12.4. The van der Waals surface area contributed by atoms with Crippen LogP contribution < -0.4 is 5.32 Å². The molecule has 2 rings (SSSR count). The smallest absolute Gasteiger partial charge is 0.357 e. The van der Waals surface area contributed by atoms with E-state index < -0.39 is 11.6 Å². The van der Waals surface area contributed by atoms with E-state index in [0.717, 1.165) is 30.6 Å². The molecule has 0 saturated heterocycles. The normalized spacial score (nSPS) is 17.2. The van der Waals surface area contributed by atoms with E-state index in [1.54, 1.807) is 7.11 Å². The fourth-order valence-corrected chi connectivity index (χ4v) is 2.24. The minimum Gasteiger partial charge on any atom is -0.464 e. The number of hydrogen-bond acceptors (Lipinski definition) is 6. The van der Waals surface area contributed by atoms with Gasteiger partial charge in [0.2, 0.25) is 0 Å². The Balaban J connectivity index is 2.58. The maximum absolute atomic E-state index is 12.0. The highest BCUT2D eigenvalue weighted by atomic mass is 16.5. The maximum Gasteiger partial charge on any atom is 0.357 e. The average molecular weight is 279 g/mol. The summed E-state index contributed by atoms with van der Waals surface area (Å²) in [7, 11) is 2.99. The van der Waals surface area contributed by atoms with Crippen LogP contribution in [0.5, 0.6) is 0 Å². The largest absolute Gasteiger partial charge is 0.464 e. The number of carbonyl (C=O) groups excluding carboxylic acids is 1. The monoisotopic (exact) mass is 279 g/mol. The Bertz CT molecular complexity index is 513. The topological polar surface area (TPSA) is 73.3 Å². The number of hydrogen-bond donors (Lipinski definition) is 1. The van der Waals surface area contributed by atoms with E-state index in [1.807, 2.05) is 13.8 Å². The van der Waals surface area contributed by atoms with Crippen molar-refractivity contribution in [3.8, 4) is 0 Å². The van der Waals surface area contributed by atoms with Crippen LogP contribution in [0, 0.1) is 0 Å². The lowest BCUT2D eigenvalue weighted by Gasteiger charge is -2.27. The highest BCUT2D eigenvalue weighted by molar-refractivity contribution is 5.89. The number of methoxy groups -OCH3 is 2. The Morgan fingerprint density at radius 1 is 1.40 bits per heavy atom. The first-order chi connectivity index (χ1) is 9.55. The first-order valence-corrected chi connectivity index (χ1v) is 6.80. The number of aromatic nitrogens is 2. The number of carbonyl (C=O) groups is 1. The van der Waals surface area contributed by atoms with E-state index in [4.69, 9.17) is 9.47 Å². The van der Waals surface area contributed by atoms with E-state index in [9.17, 15) is 4.79 Å². The van der Waals surface area contributed by atoms with Gasteiger partial charge in [-0.2, -0.15) is 0 Å². The van der Waals surface area contributed by atoms with Crippen LogP contribution in [0.1, 0.15) is 47.8 Å². The first kappa shape index (κ1) is 14.9. The molecule has 0 fully saturated rings. The molecule has 1 aliphatic rings. The summed E-state index contributed by atoms with van der Waals surface area (Å²) in [6.45, 7) is 5.37. The SMILES string of the molecule is CCC(C)(OC)c1nc2c(c(C(=O)OC)n1)CNCC2. The van der Waals surface area contributed by atoms with Gasteiger partial charge in [-0.15, -0.1) is 0 Å². The van der Waals surface area contributed by atoms with Gasteiger partial charge in [0, 0.05) is 32.2 Å². The average Bonchev–Trinajstić information content (AvgIpc) is 2.52. The molecule has 1 aromatic heterocycles. The lowest BCUT2D eigenvalue weighted by molar-refractivity contribution is -0.00948. The number of esters is 1. The van der Waals surface area contributed by atoms with Crippen molar-refractivity contribution in [1.29, 1.82) is 0 Å². The van der Waals surface area contributed by atoms with Gasteiger partial charge in [-0.05, 0) is 13.3 Å². The molecule has 20 heavy (non-hydrogen) atoms. The summed E-state index contributed by atoms with van der Waals surface area (Å²) in [6, 6.07) is 0. The second-order valence-electron chi connectivity index (χ2n) is 5.03. The lowest BCUT2D eigenvalue weighted by Crippen LogP contribution is -2.33. The molecule has 1 N–H and O–H groups in total. The van der Waals surface area contributed by atoms with Crippen molar-refractivity contribution in [3.05, 3.63) is 22.8 Å². The Kier molecular flexibility index (Phi) is 4.35. The van der Waals surface area contributed by atoms with Crippen LogP contribution in [0.3, 0.4) is 0 Å². The zero-order chi connectivity index (χ0) is 14.8. The number of rotatable bonds is 4. The van der Waals surface area contributed by atoms with Gasteiger partial charge in [0.05, 0.1) is 12.8 Å². The third-order valence-electron chi connectivity index (χ3n) is 3.91. The van der Waals surface area contributed by atoms with Crippen LogP contribution >= 0.6 is 0 Å². The van der Waals surface area contributed by atoms with Crippen molar-refractivity contribution >= 4 is 5.97 Å². The fraction of sp³-hybridized carbons (Fsp3) is 0.643. The molecule has 1 aliphatic heterocycles. The molecule has 0 bridgehead atoms. The van der Waals surface area contributed by atoms with Gasteiger partial charge < -0.3 is 14.8 Å². The summed E-state index contributed by atoms with van der Waals surface area (Å²) < 4.78 is 10.4. The number of fused-ring (bicyclic) bond motifs is 1. The lowest BCUT2D eigenvalue weighted by atomic mass is 9.99. The predicted octanol–water partition coefficient (Wildman–Crippen LogP) is 1.18. The minimum atomic E-state index is -0.595. The molecular weight excluding hydrogens is 258 g/mol. The quantitative estimate of drug-likeness (QED) is 0.834. The van der Waals surface area contributed by atoms with E-state index in [2.05, 4.69) is 15.3 Å². The number of ether oxygens (including phenoxy) is 2. The summed E-state index contributed by atoms with van der Waals surface area (Å²) in [4.78, 5) is 21.0. The van der Waals surface area contributed by atoms with Crippen molar-refractivity contribution in [1.82, 2.24) is 15.3 Å². The van der Waals surface area contributed by atoms with Gasteiger partial charge in [-0.3, -0.25) is 0 Å². The van der Waals surface area contributed by atoms with Gasteiger partial charge >= 0.3 is 5.97 Å². The Morgan fingerprint density at radius 3 is 2.75 bits per heavy atom. The molecule has 0 spiro atoms. The summed E-state index contributed by atoms with van der Waals surface area (Å²) >= 11 is 0. The molecule has 1 aromatic rings. The molecule has 110 valence electrons. The highest BCUT2D eigenvalue weighted by Gasteiger charge is 2.31. The molecule has 6 heteroatoms. The number of nitrogens with zero attached hydrogens (tertiary/aromatic N) is 2. The Hall–Kier alpha value is -1.53. The first-order valence-electron chi connectivity index (χ1n) is 6.80. The van der Waals surface area contributed by atoms with Gasteiger partial charge in [0.15, 0.2) is 11.5 Å². The van der Waals surface area contributed by atoms with Crippen LogP contribution in [0.25, 0.3) is 0 Å². The Morgan fingerprint density at radius 2 is 2.15 bits per heavy atom. The summed E-state index contributed by atoms with van der Waals surface area (Å²) in [5.41, 5.74) is 1.49. The van der Waals surface area contributed by atoms with Crippen LogP contribution in [-0.2, 0) is 28.0 Å². The van der Waals surface area contributed by atoms with Crippen molar-refractivity contribution in [3.63, 3.8) is 0 Å². The Labute approximate surface area is 118 Å². The van der Waals surface area contributed by atoms with Crippen molar-refractivity contribution in [2.75, 3.05) is 20.8 Å². The fourth-order valence-electron chi connectivity index (χ4n) is 2.24. The molecule has 0 amide bonds. The molecule has 1 unspecified atom stereocenters. The van der Waals surface area contributed by atoms with Crippen molar-refractivity contribution in [2.45, 2.75) is 38.8 Å². The summed E-state index contributed by atoms with van der Waals surface area (Å²) in [5.74, 6) is 0.117. The summed E-state index contributed by atoms with van der Waals surface area (Å²) in [5, 5.41) is 3.23. The van der Waals surface area contributed by atoms with E-state index in [1.165, 1.54) is 7.11 Å². The second-order valence-corrected chi connectivity index (χ2v) is 5.03. The minimum absolute atomic E-state index is 0.344. The third kappa shape index (κ3) is 2.53. The number of nitrogens with one attached hydrogen (secondary N) is 1. The zero-order valence-corrected chi connectivity index (χ0v) is 12.4. The van der Waals surface area contributed by atoms with Crippen molar-refractivity contribution in [2.24, 2.45) is 0 Å². The van der Waals surface area contributed by atoms with E-state index >= 15 is 0 Å². The molecule has 0 aliphatic carbocycles. The van der Waals surface area contributed by atoms with Gasteiger partial charge in [0.1, 0.15) is 5.60 Å². The van der Waals surface area contributed by atoms with Crippen LogP contribution in [0.15, 0.2) is 0 Å². The van der Waals surface area contributed by atoms with Crippen LogP contribution in [-0.4, -0.2) is 36.7 Å². The van der Waals surface area contributed by atoms with E-state index in [0.29, 0.717) is 18.1 Å². The molecule has 2 heterocycles. The van der Waals surface area contributed by atoms with Gasteiger partial charge in [-0.1, -0.05) is 6.92 Å². The standard InChI is InChI=1S/C14H21N3O3/c1-5-14(2,20-4)13-16-10-6-7-15-8-9(10)11(17-13)12(18)19-3/h15H,5-8H2,1-4H3. The molecule has 0 radical (unpaired) electrons. The van der Waals surface area contributed by atoms with Crippen LogP contribution in [0.4, 0.5) is 0 Å². The molecule has 6 nitrogen and oxygen atoms in total. The second kappa shape index (κ2) is 5.85. The van der Waals surface area contributed by atoms with Crippen molar-refractivity contribution < 1.29 is 14.3 Å². The molecule has 1 atom stereocenters. The van der Waals surface area contributed by atoms with E-state index in [-0.39, 0.29) is 0 Å². The van der Waals surface area contributed by atoms with Crippen LogP contribution in [0.2, 0.25) is 0 Å². The maximum atomic E-state index is 12.0. The van der Waals surface area contributed by atoms with Gasteiger partial charge in [0.25, 0.3) is 0 Å². The van der Waals surface area contributed by atoms with Gasteiger partial charge in [-0.25, -0.2) is 14.8 Å².